The first kappa shape index (κ1) is 16.4. The van der Waals surface area contributed by atoms with Gasteiger partial charge in [0.1, 0.15) is 21.2 Å². The Labute approximate surface area is 156 Å². The highest BCUT2D eigenvalue weighted by atomic mass is 32.2. The molecule has 126 valence electrons. The van der Waals surface area contributed by atoms with Gasteiger partial charge in [0.15, 0.2) is 0 Å². The van der Waals surface area contributed by atoms with Crippen LogP contribution >= 0.6 is 34.4 Å². The second-order valence-electron chi connectivity index (χ2n) is 5.43. The van der Waals surface area contributed by atoms with E-state index in [1.165, 1.54) is 11.8 Å². The van der Waals surface area contributed by atoms with Gasteiger partial charge in [0.05, 0.1) is 22.5 Å². The molecular weight excluding hydrogens is 372 g/mol. The minimum absolute atomic E-state index is 0.0613. The molecule has 0 aliphatic heterocycles. The van der Waals surface area contributed by atoms with E-state index in [4.69, 9.17) is 0 Å². The van der Waals surface area contributed by atoms with E-state index in [0.29, 0.717) is 12.3 Å². The first-order chi connectivity index (χ1) is 12.2. The highest BCUT2D eigenvalue weighted by Gasteiger charge is 2.14. The molecule has 8 heteroatoms. The molecule has 0 saturated heterocycles. The van der Waals surface area contributed by atoms with Gasteiger partial charge in [-0.3, -0.25) is 4.79 Å². The predicted octanol–water partition coefficient (Wildman–Crippen LogP) is 4.05. The fourth-order valence-electron chi connectivity index (χ4n) is 2.40. The molecule has 1 aromatic carbocycles. The van der Waals surface area contributed by atoms with Crippen LogP contribution in [-0.4, -0.2) is 38.6 Å². The van der Waals surface area contributed by atoms with E-state index in [1.807, 2.05) is 36.7 Å². The predicted molar refractivity (Wildman–Crippen MR) is 104 cm³/mol. The normalized spacial score (nSPS) is 11.2. The maximum atomic E-state index is 12.5. The van der Waals surface area contributed by atoms with Crippen molar-refractivity contribution in [3.8, 4) is 0 Å². The van der Waals surface area contributed by atoms with Crippen molar-refractivity contribution in [3.05, 3.63) is 47.0 Å². The molecule has 3 heterocycles. The maximum Gasteiger partial charge on any atom is 0.233 e. The Morgan fingerprint density at radius 2 is 2.12 bits per heavy atom. The summed E-state index contributed by atoms with van der Waals surface area (Å²) in [6, 6.07) is 10.0. The zero-order chi connectivity index (χ0) is 17.2. The fraction of sp³-hybridized carbons (Fsp3) is 0.176. The van der Waals surface area contributed by atoms with Gasteiger partial charge in [-0.25, -0.2) is 15.0 Å². The first-order valence-corrected chi connectivity index (χ1v) is 10.3. The number of thioether (sulfide) groups is 1. The monoisotopic (exact) mass is 386 g/mol. The van der Waals surface area contributed by atoms with Crippen LogP contribution in [0.4, 0.5) is 0 Å². The average molecular weight is 387 g/mol. The molecule has 3 aromatic heterocycles. The van der Waals surface area contributed by atoms with Gasteiger partial charge in [-0.1, -0.05) is 23.9 Å². The summed E-state index contributed by atoms with van der Waals surface area (Å²) < 4.78 is 1.15. The summed E-state index contributed by atoms with van der Waals surface area (Å²) in [5, 5.41) is 4.81. The molecule has 0 spiro atoms. The van der Waals surface area contributed by atoms with Crippen LogP contribution in [0.2, 0.25) is 0 Å². The lowest BCUT2D eigenvalue weighted by atomic mass is 10.3. The number of thiophene rings is 1. The van der Waals surface area contributed by atoms with Crippen LogP contribution in [0.1, 0.15) is 5.01 Å². The number of fused-ring (bicyclic) bond motifs is 2. The van der Waals surface area contributed by atoms with Gasteiger partial charge in [0, 0.05) is 12.4 Å². The summed E-state index contributed by atoms with van der Waals surface area (Å²) in [6.45, 7) is 0.524. The van der Waals surface area contributed by atoms with Gasteiger partial charge < -0.3 is 4.90 Å². The fourth-order valence-corrected chi connectivity index (χ4v) is 5.14. The van der Waals surface area contributed by atoms with E-state index < -0.39 is 0 Å². The molecule has 4 aromatic rings. The molecule has 0 unspecified atom stereocenters. The van der Waals surface area contributed by atoms with Crippen LogP contribution in [0.3, 0.4) is 0 Å². The Bertz CT molecular complexity index is 1010. The quantitative estimate of drug-likeness (QED) is 0.382. The van der Waals surface area contributed by atoms with Crippen LogP contribution in [0.25, 0.3) is 20.4 Å². The Hall–Kier alpha value is -2.03. The summed E-state index contributed by atoms with van der Waals surface area (Å²) in [6.07, 6.45) is 1.55. The van der Waals surface area contributed by atoms with Crippen molar-refractivity contribution in [1.29, 1.82) is 0 Å². The summed E-state index contributed by atoms with van der Waals surface area (Å²) in [5.74, 6) is 0.412. The van der Waals surface area contributed by atoms with Crippen molar-refractivity contribution in [2.45, 2.75) is 11.6 Å². The third-order valence-corrected chi connectivity index (χ3v) is 6.53. The Morgan fingerprint density at radius 3 is 3.00 bits per heavy atom. The van der Waals surface area contributed by atoms with Gasteiger partial charge >= 0.3 is 0 Å². The molecule has 0 aliphatic carbocycles. The minimum Gasteiger partial charge on any atom is -0.338 e. The summed E-state index contributed by atoms with van der Waals surface area (Å²) in [5.41, 5.74) is 0.985. The van der Waals surface area contributed by atoms with E-state index in [1.54, 1.807) is 33.9 Å². The zero-order valence-electron chi connectivity index (χ0n) is 13.4. The molecule has 0 bridgehead atoms. The number of carbonyl (C=O) groups excluding carboxylic acids is 1. The van der Waals surface area contributed by atoms with Gasteiger partial charge in [0.25, 0.3) is 0 Å². The number of nitrogens with zero attached hydrogens (tertiary/aromatic N) is 4. The number of amides is 1. The van der Waals surface area contributed by atoms with E-state index in [2.05, 4.69) is 21.0 Å². The molecule has 0 atom stereocenters. The second kappa shape index (κ2) is 7.07. The molecule has 0 saturated carbocycles. The molecule has 5 nitrogen and oxygen atoms in total. The Kier molecular flexibility index (Phi) is 4.65. The Morgan fingerprint density at radius 1 is 1.24 bits per heavy atom. The van der Waals surface area contributed by atoms with Gasteiger partial charge in [0.2, 0.25) is 5.91 Å². The lowest BCUT2D eigenvalue weighted by molar-refractivity contribution is -0.127. The number of para-hydroxylation sites is 1. The number of hydrogen-bond donors (Lipinski definition) is 0. The maximum absolute atomic E-state index is 12.5. The standard InChI is InChI=1S/C17H14N4OS3/c1-21(8-14-20-12-4-2-3-5-13(12)25-14)15(22)9-24-17-11-6-7-23-16(11)18-10-19-17/h2-7,10H,8-9H2,1H3. The van der Waals surface area contributed by atoms with Crippen molar-refractivity contribution >= 4 is 60.8 Å². The van der Waals surface area contributed by atoms with Gasteiger partial charge in [-0.15, -0.1) is 22.7 Å². The van der Waals surface area contributed by atoms with Gasteiger partial charge in [-0.05, 0) is 23.6 Å². The smallest absolute Gasteiger partial charge is 0.233 e. The zero-order valence-corrected chi connectivity index (χ0v) is 15.8. The van der Waals surface area contributed by atoms with Crippen molar-refractivity contribution in [1.82, 2.24) is 19.9 Å². The third kappa shape index (κ3) is 3.51. The molecular formula is C17H14N4OS3. The van der Waals surface area contributed by atoms with Crippen LogP contribution < -0.4 is 0 Å². The van der Waals surface area contributed by atoms with Crippen molar-refractivity contribution in [2.75, 3.05) is 12.8 Å². The molecule has 0 radical (unpaired) electrons. The summed E-state index contributed by atoms with van der Waals surface area (Å²) in [4.78, 5) is 28.2. The lowest BCUT2D eigenvalue weighted by Gasteiger charge is -2.15. The van der Waals surface area contributed by atoms with Crippen molar-refractivity contribution < 1.29 is 4.79 Å². The lowest BCUT2D eigenvalue weighted by Crippen LogP contribution is -2.27. The number of hydrogen-bond acceptors (Lipinski definition) is 7. The van der Waals surface area contributed by atoms with Gasteiger partial charge in [-0.2, -0.15) is 0 Å². The molecule has 25 heavy (non-hydrogen) atoms. The minimum atomic E-state index is 0.0613. The van der Waals surface area contributed by atoms with Crippen LogP contribution in [0.15, 0.2) is 47.1 Å². The number of benzene rings is 1. The highest BCUT2D eigenvalue weighted by Crippen LogP contribution is 2.28. The first-order valence-electron chi connectivity index (χ1n) is 7.60. The second-order valence-corrected chi connectivity index (χ2v) is 8.41. The number of carbonyl (C=O) groups is 1. The van der Waals surface area contributed by atoms with E-state index in [0.717, 1.165) is 30.5 Å². The third-order valence-electron chi connectivity index (χ3n) is 3.69. The van der Waals surface area contributed by atoms with Crippen LogP contribution in [0, 0.1) is 0 Å². The van der Waals surface area contributed by atoms with Crippen molar-refractivity contribution in [3.63, 3.8) is 0 Å². The van der Waals surface area contributed by atoms with E-state index in [-0.39, 0.29) is 5.91 Å². The summed E-state index contributed by atoms with van der Waals surface area (Å²) >= 11 is 4.66. The average Bonchev–Trinajstić information content (AvgIpc) is 3.25. The van der Waals surface area contributed by atoms with Crippen molar-refractivity contribution in [2.24, 2.45) is 0 Å². The molecule has 1 amide bonds. The number of rotatable bonds is 5. The van der Waals surface area contributed by atoms with Crippen LogP contribution in [-0.2, 0) is 11.3 Å². The highest BCUT2D eigenvalue weighted by molar-refractivity contribution is 8.00. The Balaban J connectivity index is 1.41. The topological polar surface area (TPSA) is 59.0 Å². The molecule has 0 N–H and O–H groups in total. The number of aromatic nitrogens is 3. The largest absolute Gasteiger partial charge is 0.338 e. The summed E-state index contributed by atoms with van der Waals surface area (Å²) in [7, 11) is 1.81. The van der Waals surface area contributed by atoms with Crippen LogP contribution in [0.5, 0.6) is 0 Å². The van der Waals surface area contributed by atoms with E-state index in [9.17, 15) is 4.79 Å². The molecule has 4 rings (SSSR count). The van der Waals surface area contributed by atoms with E-state index >= 15 is 0 Å². The molecule has 0 aliphatic rings. The SMILES string of the molecule is CN(Cc1nc2ccccc2s1)C(=O)CSc1ncnc2sccc12. The number of thiazole rings is 1. The molecule has 0 fully saturated rings.